The van der Waals surface area contributed by atoms with Crippen LogP contribution in [0, 0.1) is 0 Å². The zero-order valence-electron chi connectivity index (χ0n) is 13.4. The SMILES string of the molecule is Oc1c2c(C(F)(F)F)cc(C3CCCCC3)cc2c2n1CCNC2. The number of benzene rings is 1. The van der Waals surface area contributed by atoms with Crippen LogP contribution in [0.1, 0.15) is 54.8 Å². The highest BCUT2D eigenvalue weighted by molar-refractivity contribution is 5.95. The topological polar surface area (TPSA) is 37.2 Å². The van der Waals surface area contributed by atoms with Crippen LogP contribution < -0.4 is 5.32 Å². The first-order chi connectivity index (χ1) is 11.5. The van der Waals surface area contributed by atoms with Crippen molar-refractivity contribution in [3.63, 3.8) is 0 Å². The van der Waals surface area contributed by atoms with E-state index in [1.807, 2.05) is 6.07 Å². The van der Waals surface area contributed by atoms with Crippen LogP contribution in [-0.2, 0) is 19.3 Å². The van der Waals surface area contributed by atoms with E-state index >= 15 is 0 Å². The van der Waals surface area contributed by atoms with Gasteiger partial charge in [-0.15, -0.1) is 0 Å². The van der Waals surface area contributed by atoms with Gasteiger partial charge in [0.2, 0.25) is 0 Å². The summed E-state index contributed by atoms with van der Waals surface area (Å²) in [6.45, 7) is 1.63. The van der Waals surface area contributed by atoms with Crippen LogP contribution in [-0.4, -0.2) is 16.2 Å². The summed E-state index contributed by atoms with van der Waals surface area (Å²) >= 11 is 0. The highest BCUT2D eigenvalue weighted by atomic mass is 19.4. The highest BCUT2D eigenvalue weighted by Gasteiger charge is 2.37. The van der Waals surface area contributed by atoms with Crippen LogP contribution in [0.3, 0.4) is 0 Å². The van der Waals surface area contributed by atoms with Gasteiger partial charge in [-0.05, 0) is 36.5 Å². The fraction of sp³-hybridized carbons (Fsp3) is 0.556. The predicted octanol–water partition coefficient (Wildman–Crippen LogP) is 4.52. The number of nitrogens with one attached hydrogen (secondary N) is 1. The third kappa shape index (κ3) is 2.48. The summed E-state index contributed by atoms with van der Waals surface area (Å²) in [5.74, 6) is -0.0532. The molecule has 24 heavy (non-hydrogen) atoms. The van der Waals surface area contributed by atoms with Gasteiger partial charge in [0, 0.05) is 30.7 Å². The summed E-state index contributed by atoms with van der Waals surface area (Å²) in [7, 11) is 0. The average molecular weight is 338 g/mol. The van der Waals surface area contributed by atoms with Gasteiger partial charge in [-0.25, -0.2) is 0 Å². The van der Waals surface area contributed by atoms with Crippen LogP contribution in [0.2, 0.25) is 0 Å². The van der Waals surface area contributed by atoms with E-state index in [-0.39, 0.29) is 17.2 Å². The van der Waals surface area contributed by atoms with Gasteiger partial charge in [-0.1, -0.05) is 19.3 Å². The van der Waals surface area contributed by atoms with Crippen molar-refractivity contribution in [3.8, 4) is 5.88 Å². The molecule has 0 spiro atoms. The molecule has 1 aliphatic carbocycles. The number of aromatic nitrogens is 1. The molecule has 1 saturated carbocycles. The van der Waals surface area contributed by atoms with E-state index in [1.54, 1.807) is 4.57 Å². The molecule has 1 aromatic heterocycles. The quantitative estimate of drug-likeness (QED) is 0.802. The van der Waals surface area contributed by atoms with E-state index in [4.69, 9.17) is 0 Å². The molecule has 0 unspecified atom stereocenters. The fourth-order valence-electron chi connectivity index (χ4n) is 4.27. The Bertz CT molecular complexity index is 773. The van der Waals surface area contributed by atoms with Gasteiger partial charge in [0.15, 0.2) is 5.88 Å². The molecule has 0 amide bonds. The Morgan fingerprint density at radius 3 is 2.58 bits per heavy atom. The van der Waals surface area contributed by atoms with Crippen molar-refractivity contribution in [1.82, 2.24) is 9.88 Å². The largest absolute Gasteiger partial charge is 0.494 e. The van der Waals surface area contributed by atoms with Crippen molar-refractivity contribution in [3.05, 3.63) is 29.0 Å². The maximum Gasteiger partial charge on any atom is 0.417 e. The first kappa shape index (κ1) is 15.8. The molecular weight excluding hydrogens is 317 g/mol. The second kappa shape index (κ2) is 5.69. The van der Waals surface area contributed by atoms with Crippen LogP contribution in [0.5, 0.6) is 5.88 Å². The van der Waals surface area contributed by atoms with Gasteiger partial charge < -0.3 is 15.0 Å². The number of fused-ring (bicyclic) bond motifs is 3. The number of aromatic hydroxyl groups is 1. The molecule has 1 aliphatic heterocycles. The summed E-state index contributed by atoms with van der Waals surface area (Å²) < 4.78 is 42.6. The van der Waals surface area contributed by atoms with Crippen molar-refractivity contribution in [2.75, 3.05) is 6.54 Å². The minimum atomic E-state index is -4.47. The van der Waals surface area contributed by atoms with Crippen LogP contribution in [0.4, 0.5) is 13.2 Å². The summed E-state index contributed by atoms with van der Waals surface area (Å²) in [6.07, 6.45) is 0.740. The molecule has 130 valence electrons. The van der Waals surface area contributed by atoms with Crippen LogP contribution >= 0.6 is 0 Å². The Hall–Kier alpha value is -1.69. The van der Waals surface area contributed by atoms with Crippen molar-refractivity contribution in [2.24, 2.45) is 0 Å². The Morgan fingerprint density at radius 2 is 1.88 bits per heavy atom. The van der Waals surface area contributed by atoms with E-state index < -0.39 is 11.7 Å². The molecule has 0 atom stereocenters. The number of rotatable bonds is 1. The fourth-order valence-corrected chi connectivity index (χ4v) is 4.27. The zero-order valence-corrected chi connectivity index (χ0v) is 13.4. The molecule has 0 bridgehead atoms. The Morgan fingerprint density at radius 1 is 1.12 bits per heavy atom. The lowest BCUT2D eigenvalue weighted by Gasteiger charge is -2.23. The Kier molecular flexibility index (Phi) is 3.75. The number of nitrogens with zero attached hydrogens (tertiary/aromatic N) is 1. The number of hydrogen-bond donors (Lipinski definition) is 2. The smallest absolute Gasteiger partial charge is 0.417 e. The van der Waals surface area contributed by atoms with Crippen molar-refractivity contribution in [1.29, 1.82) is 0 Å². The third-order valence-electron chi connectivity index (χ3n) is 5.46. The molecule has 0 saturated heterocycles. The molecule has 3 nitrogen and oxygen atoms in total. The first-order valence-corrected chi connectivity index (χ1v) is 8.62. The first-order valence-electron chi connectivity index (χ1n) is 8.62. The highest BCUT2D eigenvalue weighted by Crippen LogP contribution is 2.45. The third-order valence-corrected chi connectivity index (χ3v) is 5.46. The van der Waals surface area contributed by atoms with Crippen molar-refractivity contribution >= 4 is 10.8 Å². The minimum absolute atomic E-state index is 0.0410. The van der Waals surface area contributed by atoms with E-state index in [2.05, 4.69) is 5.32 Å². The van der Waals surface area contributed by atoms with Gasteiger partial charge >= 0.3 is 6.18 Å². The van der Waals surface area contributed by atoms with Gasteiger partial charge in [-0.3, -0.25) is 0 Å². The van der Waals surface area contributed by atoms with E-state index in [0.717, 1.165) is 43.4 Å². The molecule has 4 rings (SSSR count). The van der Waals surface area contributed by atoms with Crippen LogP contribution in [0.25, 0.3) is 10.8 Å². The Labute approximate surface area is 138 Å². The lowest BCUT2D eigenvalue weighted by molar-refractivity contribution is -0.136. The van der Waals surface area contributed by atoms with E-state index in [1.165, 1.54) is 6.07 Å². The lowest BCUT2D eigenvalue weighted by atomic mass is 9.82. The normalized spacial score (nSPS) is 19.6. The van der Waals surface area contributed by atoms with E-state index in [9.17, 15) is 18.3 Å². The Balaban J connectivity index is 1.96. The molecule has 1 fully saturated rings. The van der Waals surface area contributed by atoms with Crippen molar-refractivity contribution < 1.29 is 18.3 Å². The summed E-state index contributed by atoms with van der Waals surface area (Å²) in [5.41, 5.74) is 0.838. The molecule has 6 heteroatoms. The van der Waals surface area contributed by atoms with E-state index in [0.29, 0.717) is 25.0 Å². The lowest BCUT2D eigenvalue weighted by Crippen LogP contribution is -2.27. The maximum absolute atomic E-state index is 13.7. The number of hydrogen-bond acceptors (Lipinski definition) is 2. The molecule has 2 heterocycles. The maximum atomic E-state index is 13.7. The summed E-state index contributed by atoms with van der Waals surface area (Å²) in [6, 6.07) is 3.16. The van der Waals surface area contributed by atoms with Crippen LogP contribution in [0.15, 0.2) is 12.1 Å². The van der Waals surface area contributed by atoms with Gasteiger partial charge in [-0.2, -0.15) is 13.2 Å². The second-order valence-electron chi connectivity index (χ2n) is 6.92. The van der Waals surface area contributed by atoms with Crippen molar-refractivity contribution in [2.45, 2.75) is 57.3 Å². The second-order valence-corrected chi connectivity index (χ2v) is 6.92. The molecule has 0 radical (unpaired) electrons. The summed E-state index contributed by atoms with van der Waals surface area (Å²) in [4.78, 5) is 0. The number of alkyl halides is 3. The zero-order chi connectivity index (χ0) is 16.9. The predicted molar refractivity (Wildman–Crippen MR) is 86.1 cm³/mol. The standard InChI is InChI=1S/C18H21F3N2O/c19-18(20,21)14-9-12(11-4-2-1-3-5-11)8-13-15-10-22-6-7-23(15)17(24)16(13)14/h8-9,11,22,24H,1-7,10H2. The molecule has 2 aromatic rings. The van der Waals surface area contributed by atoms with Gasteiger partial charge in [0.25, 0.3) is 0 Å². The average Bonchev–Trinajstić information content (AvgIpc) is 2.87. The molecular formula is C18H21F3N2O. The molecule has 2 aliphatic rings. The minimum Gasteiger partial charge on any atom is -0.494 e. The molecule has 1 aromatic carbocycles. The monoisotopic (exact) mass is 338 g/mol. The van der Waals surface area contributed by atoms with Gasteiger partial charge in [0.05, 0.1) is 10.9 Å². The number of halogens is 3. The van der Waals surface area contributed by atoms with Gasteiger partial charge in [0.1, 0.15) is 0 Å². The molecule has 2 N–H and O–H groups in total. The summed E-state index contributed by atoms with van der Waals surface area (Å²) in [5, 5.41) is 14.1.